The average Bonchev–Trinajstić information content (AvgIpc) is 2.97. The van der Waals surface area contributed by atoms with Crippen molar-refractivity contribution in [3.05, 3.63) is 71.7 Å². The first kappa shape index (κ1) is 16.7. The van der Waals surface area contributed by atoms with Crippen molar-refractivity contribution in [2.24, 2.45) is 0 Å². The van der Waals surface area contributed by atoms with Gasteiger partial charge in [0.05, 0.1) is 18.0 Å². The van der Waals surface area contributed by atoms with Crippen LogP contribution in [0.2, 0.25) is 0 Å². The molecule has 4 heteroatoms. The third-order valence-electron chi connectivity index (χ3n) is 4.32. The number of pyridine rings is 1. The Labute approximate surface area is 143 Å². The molecule has 0 saturated heterocycles. The molecule has 0 spiro atoms. The summed E-state index contributed by atoms with van der Waals surface area (Å²) in [6.45, 7) is 5.52. The van der Waals surface area contributed by atoms with Gasteiger partial charge in [-0.15, -0.1) is 0 Å². The van der Waals surface area contributed by atoms with Crippen molar-refractivity contribution in [3.8, 4) is 0 Å². The second kappa shape index (κ2) is 7.60. The maximum absolute atomic E-state index is 9.80. The minimum absolute atomic E-state index is 0.298. The molecule has 2 aromatic heterocycles. The number of nitrogens with zero attached hydrogens (tertiary/aromatic N) is 2. The highest BCUT2D eigenvalue weighted by atomic mass is 16.3. The number of aryl methyl sites for hydroxylation is 1. The summed E-state index contributed by atoms with van der Waals surface area (Å²) in [7, 11) is 0. The van der Waals surface area contributed by atoms with Crippen LogP contribution < -0.4 is 5.32 Å². The van der Waals surface area contributed by atoms with Crippen molar-refractivity contribution in [2.45, 2.75) is 38.8 Å². The summed E-state index contributed by atoms with van der Waals surface area (Å²) in [5.41, 5.74) is 4.61. The van der Waals surface area contributed by atoms with E-state index in [2.05, 4.69) is 58.2 Å². The van der Waals surface area contributed by atoms with E-state index in [1.807, 2.05) is 25.3 Å². The molecule has 0 radical (unpaired) electrons. The van der Waals surface area contributed by atoms with Gasteiger partial charge >= 0.3 is 0 Å². The van der Waals surface area contributed by atoms with Crippen LogP contribution in [0.25, 0.3) is 5.65 Å². The number of rotatable bonds is 7. The SMILES string of the molecule is Cc1ccc2ncc(CNCC(CC(C)O)c3ccccc3)n2c1. The summed E-state index contributed by atoms with van der Waals surface area (Å²) >= 11 is 0. The fraction of sp³-hybridized carbons (Fsp3) is 0.350. The molecule has 2 heterocycles. The summed E-state index contributed by atoms with van der Waals surface area (Å²) in [4.78, 5) is 4.45. The Morgan fingerprint density at radius 1 is 1.17 bits per heavy atom. The lowest BCUT2D eigenvalue weighted by atomic mass is 9.93. The molecule has 3 rings (SSSR count). The normalized spacial score (nSPS) is 14.0. The van der Waals surface area contributed by atoms with Gasteiger partial charge in [0.2, 0.25) is 0 Å². The number of aliphatic hydroxyl groups excluding tert-OH is 1. The van der Waals surface area contributed by atoms with Crippen molar-refractivity contribution < 1.29 is 5.11 Å². The van der Waals surface area contributed by atoms with E-state index in [4.69, 9.17) is 0 Å². The Morgan fingerprint density at radius 2 is 1.96 bits per heavy atom. The lowest BCUT2D eigenvalue weighted by Crippen LogP contribution is -2.24. The third-order valence-corrected chi connectivity index (χ3v) is 4.32. The maximum Gasteiger partial charge on any atom is 0.136 e. The second-order valence-corrected chi connectivity index (χ2v) is 6.51. The maximum atomic E-state index is 9.80. The van der Waals surface area contributed by atoms with Gasteiger partial charge in [-0.3, -0.25) is 0 Å². The molecular formula is C20H25N3O. The molecule has 0 saturated carbocycles. The van der Waals surface area contributed by atoms with Crippen LogP contribution in [0.1, 0.15) is 36.1 Å². The first-order valence-electron chi connectivity index (χ1n) is 8.50. The first-order valence-corrected chi connectivity index (χ1v) is 8.50. The summed E-state index contributed by atoms with van der Waals surface area (Å²) in [6, 6.07) is 14.5. The van der Waals surface area contributed by atoms with Crippen LogP contribution in [-0.4, -0.2) is 27.1 Å². The lowest BCUT2D eigenvalue weighted by molar-refractivity contribution is 0.173. The molecule has 0 amide bonds. The quantitative estimate of drug-likeness (QED) is 0.701. The van der Waals surface area contributed by atoms with Crippen molar-refractivity contribution in [1.29, 1.82) is 0 Å². The van der Waals surface area contributed by atoms with E-state index in [0.29, 0.717) is 5.92 Å². The van der Waals surface area contributed by atoms with Crippen LogP contribution in [0.4, 0.5) is 0 Å². The molecule has 0 fully saturated rings. The van der Waals surface area contributed by atoms with Gasteiger partial charge in [-0.05, 0) is 43.4 Å². The van der Waals surface area contributed by atoms with Gasteiger partial charge in [-0.25, -0.2) is 4.98 Å². The van der Waals surface area contributed by atoms with Crippen LogP contribution >= 0.6 is 0 Å². The highest BCUT2D eigenvalue weighted by Crippen LogP contribution is 2.20. The van der Waals surface area contributed by atoms with E-state index in [1.54, 1.807) is 0 Å². The molecule has 3 aromatic rings. The predicted octanol–water partition coefficient (Wildman–Crippen LogP) is 3.29. The van der Waals surface area contributed by atoms with Crippen molar-refractivity contribution in [3.63, 3.8) is 0 Å². The molecule has 1 aromatic carbocycles. The van der Waals surface area contributed by atoms with Gasteiger partial charge in [0, 0.05) is 19.3 Å². The molecule has 0 aliphatic heterocycles. The molecule has 2 unspecified atom stereocenters. The molecule has 2 N–H and O–H groups in total. The standard InChI is InChI=1S/C20H25N3O/c1-15-8-9-20-22-13-19(23(20)14-15)12-21-11-18(10-16(2)24)17-6-4-3-5-7-17/h3-9,13-14,16,18,21,24H,10-12H2,1-2H3. The Hall–Kier alpha value is -2.17. The topological polar surface area (TPSA) is 49.6 Å². The van der Waals surface area contributed by atoms with E-state index in [-0.39, 0.29) is 6.10 Å². The van der Waals surface area contributed by atoms with Crippen molar-refractivity contribution in [2.75, 3.05) is 6.54 Å². The van der Waals surface area contributed by atoms with E-state index >= 15 is 0 Å². The Balaban J connectivity index is 1.67. The van der Waals surface area contributed by atoms with Crippen LogP contribution in [0, 0.1) is 6.92 Å². The van der Waals surface area contributed by atoms with Crippen LogP contribution in [0.5, 0.6) is 0 Å². The van der Waals surface area contributed by atoms with Gasteiger partial charge in [-0.1, -0.05) is 36.4 Å². The van der Waals surface area contributed by atoms with Crippen LogP contribution in [-0.2, 0) is 6.54 Å². The molecule has 0 aliphatic rings. The fourth-order valence-corrected chi connectivity index (χ4v) is 3.12. The van der Waals surface area contributed by atoms with Crippen LogP contribution in [0.3, 0.4) is 0 Å². The number of benzene rings is 1. The highest BCUT2D eigenvalue weighted by Gasteiger charge is 2.14. The highest BCUT2D eigenvalue weighted by molar-refractivity contribution is 5.41. The summed E-state index contributed by atoms with van der Waals surface area (Å²) in [5, 5.41) is 13.3. The van der Waals surface area contributed by atoms with E-state index in [0.717, 1.165) is 30.9 Å². The fourth-order valence-electron chi connectivity index (χ4n) is 3.12. The molecule has 24 heavy (non-hydrogen) atoms. The zero-order valence-electron chi connectivity index (χ0n) is 14.3. The van der Waals surface area contributed by atoms with Gasteiger partial charge in [0.15, 0.2) is 0 Å². The summed E-state index contributed by atoms with van der Waals surface area (Å²) in [5.74, 6) is 0.298. The monoisotopic (exact) mass is 323 g/mol. The number of nitrogens with one attached hydrogen (secondary N) is 1. The number of aromatic nitrogens is 2. The third kappa shape index (κ3) is 4.02. The summed E-state index contributed by atoms with van der Waals surface area (Å²) < 4.78 is 2.13. The Bertz CT molecular complexity index is 780. The summed E-state index contributed by atoms with van der Waals surface area (Å²) in [6.07, 6.45) is 4.48. The van der Waals surface area contributed by atoms with Gasteiger partial charge in [0.1, 0.15) is 5.65 Å². The van der Waals surface area contributed by atoms with Gasteiger partial charge in [0.25, 0.3) is 0 Å². The van der Waals surface area contributed by atoms with E-state index < -0.39 is 0 Å². The molecule has 126 valence electrons. The number of hydrogen-bond acceptors (Lipinski definition) is 3. The zero-order valence-corrected chi connectivity index (χ0v) is 14.3. The van der Waals surface area contributed by atoms with E-state index in [9.17, 15) is 5.11 Å². The largest absolute Gasteiger partial charge is 0.393 e. The molecular weight excluding hydrogens is 298 g/mol. The molecule has 2 atom stereocenters. The Kier molecular flexibility index (Phi) is 5.28. The minimum Gasteiger partial charge on any atom is -0.393 e. The lowest BCUT2D eigenvalue weighted by Gasteiger charge is -2.19. The van der Waals surface area contributed by atoms with E-state index in [1.165, 1.54) is 11.1 Å². The second-order valence-electron chi connectivity index (χ2n) is 6.51. The average molecular weight is 323 g/mol. The molecule has 4 nitrogen and oxygen atoms in total. The number of aliphatic hydroxyl groups is 1. The van der Waals surface area contributed by atoms with Gasteiger partial charge < -0.3 is 14.8 Å². The number of imidazole rings is 1. The molecule has 0 aliphatic carbocycles. The number of fused-ring (bicyclic) bond motifs is 1. The predicted molar refractivity (Wildman–Crippen MR) is 97.1 cm³/mol. The van der Waals surface area contributed by atoms with Crippen molar-refractivity contribution in [1.82, 2.24) is 14.7 Å². The smallest absolute Gasteiger partial charge is 0.136 e. The first-order chi connectivity index (χ1) is 11.6. The van der Waals surface area contributed by atoms with Crippen LogP contribution in [0.15, 0.2) is 54.9 Å². The number of hydrogen-bond donors (Lipinski definition) is 2. The Morgan fingerprint density at radius 3 is 2.71 bits per heavy atom. The molecule has 0 bridgehead atoms. The van der Waals surface area contributed by atoms with Crippen molar-refractivity contribution >= 4 is 5.65 Å². The minimum atomic E-state index is -0.310. The zero-order chi connectivity index (χ0) is 16.9. The van der Waals surface area contributed by atoms with Gasteiger partial charge in [-0.2, -0.15) is 0 Å².